The van der Waals surface area contributed by atoms with E-state index < -0.39 is 0 Å². The van der Waals surface area contributed by atoms with Crippen LogP contribution in [-0.4, -0.2) is 22.1 Å². The minimum absolute atomic E-state index is 0.0275. The third-order valence-electron chi connectivity index (χ3n) is 4.93. The van der Waals surface area contributed by atoms with Gasteiger partial charge in [0.2, 0.25) is 0 Å². The van der Waals surface area contributed by atoms with Crippen LogP contribution in [0.5, 0.6) is 0 Å². The number of allylic oxidation sites excluding steroid dienone is 5. The van der Waals surface area contributed by atoms with Crippen LogP contribution in [0, 0.1) is 12.8 Å². The van der Waals surface area contributed by atoms with Gasteiger partial charge in [0.1, 0.15) is 0 Å². The van der Waals surface area contributed by atoms with Gasteiger partial charge >= 0.3 is 0 Å². The maximum atomic E-state index is 9.54. The molecule has 1 aromatic carbocycles. The van der Waals surface area contributed by atoms with Gasteiger partial charge in [0.05, 0.1) is 6.04 Å². The van der Waals surface area contributed by atoms with E-state index in [4.69, 9.17) is 0 Å². The zero-order valence-corrected chi connectivity index (χ0v) is 20.1. The highest BCUT2D eigenvalue weighted by molar-refractivity contribution is 8.01. The van der Waals surface area contributed by atoms with Crippen LogP contribution in [0.4, 0.5) is 0 Å². The second kappa shape index (κ2) is 13.3. The molecule has 0 aliphatic rings. The van der Waals surface area contributed by atoms with Crippen molar-refractivity contribution in [2.24, 2.45) is 5.92 Å². The van der Waals surface area contributed by atoms with Gasteiger partial charge in [-0.3, -0.25) is 10.7 Å². The topological polar surface area (TPSA) is 35.5 Å². The van der Waals surface area contributed by atoms with Crippen molar-refractivity contribution in [3.8, 4) is 0 Å². The molecule has 0 heterocycles. The summed E-state index contributed by atoms with van der Waals surface area (Å²) in [6.45, 7) is 23.4. The molecule has 0 saturated carbocycles. The molecule has 4 heteroatoms. The van der Waals surface area contributed by atoms with E-state index >= 15 is 0 Å². The van der Waals surface area contributed by atoms with E-state index in [2.05, 4.69) is 94.5 Å². The van der Waals surface area contributed by atoms with Crippen LogP contribution in [0.15, 0.2) is 84.0 Å². The second-order valence-electron chi connectivity index (χ2n) is 8.06. The van der Waals surface area contributed by atoms with Crippen molar-refractivity contribution in [1.82, 2.24) is 9.79 Å². The van der Waals surface area contributed by atoms with Crippen molar-refractivity contribution >= 4 is 11.9 Å². The fourth-order valence-electron chi connectivity index (χ4n) is 3.23. The van der Waals surface area contributed by atoms with Gasteiger partial charge in [0, 0.05) is 17.1 Å². The zero-order valence-electron chi connectivity index (χ0n) is 19.2. The summed E-state index contributed by atoms with van der Waals surface area (Å²) in [5, 5.41) is 9.54. The van der Waals surface area contributed by atoms with E-state index in [9.17, 15) is 5.21 Å². The van der Waals surface area contributed by atoms with E-state index in [0.717, 1.165) is 29.9 Å². The fraction of sp³-hybridized carbons (Fsp3) is 0.385. The van der Waals surface area contributed by atoms with Crippen molar-refractivity contribution in [2.75, 3.05) is 6.54 Å². The Labute approximate surface area is 188 Å². The summed E-state index contributed by atoms with van der Waals surface area (Å²) in [5.41, 5.74) is 7.80. The van der Waals surface area contributed by atoms with E-state index in [1.807, 2.05) is 12.2 Å². The average molecular weight is 427 g/mol. The first kappa shape index (κ1) is 26.0. The molecule has 1 unspecified atom stereocenters. The van der Waals surface area contributed by atoms with Crippen LogP contribution >= 0.6 is 11.9 Å². The SMILES string of the molecule is C=CC(/C=C(\C=C)SN(CCCc1ccc(C)cc1)C(C(=C)NO)C(C)C)=C(C)C. The average Bonchev–Trinajstić information content (AvgIpc) is 2.71. The highest BCUT2D eigenvalue weighted by atomic mass is 32.2. The first-order valence-corrected chi connectivity index (χ1v) is 11.2. The lowest BCUT2D eigenvalue weighted by Crippen LogP contribution is -2.40. The standard InChI is InChI=1S/C26H38N2OS/c1-9-24(19(3)4)18-25(10-2)30-28(26(20(5)6)22(8)27-29)17-11-12-23-15-13-21(7)14-16-23/h9-10,13-16,18,20,26-27,29H,1-2,8,11-12,17H2,3-7H3/b25-18+. The van der Waals surface area contributed by atoms with E-state index in [1.54, 1.807) is 11.9 Å². The van der Waals surface area contributed by atoms with Gasteiger partial charge < -0.3 is 0 Å². The summed E-state index contributed by atoms with van der Waals surface area (Å²) in [6.07, 6.45) is 7.85. The van der Waals surface area contributed by atoms with Crippen molar-refractivity contribution in [1.29, 1.82) is 0 Å². The van der Waals surface area contributed by atoms with Crippen molar-refractivity contribution in [3.05, 3.63) is 95.1 Å². The number of benzene rings is 1. The lowest BCUT2D eigenvalue weighted by Gasteiger charge is -2.34. The Bertz CT molecular complexity index is 771. The van der Waals surface area contributed by atoms with E-state index in [1.165, 1.54) is 16.7 Å². The molecule has 0 saturated heterocycles. The van der Waals surface area contributed by atoms with Gasteiger partial charge in [-0.25, -0.2) is 4.31 Å². The zero-order chi connectivity index (χ0) is 22.7. The Morgan fingerprint density at radius 3 is 2.27 bits per heavy atom. The maximum Gasteiger partial charge on any atom is 0.0642 e. The molecule has 0 radical (unpaired) electrons. The predicted molar refractivity (Wildman–Crippen MR) is 133 cm³/mol. The Morgan fingerprint density at radius 2 is 1.80 bits per heavy atom. The number of rotatable bonds is 13. The predicted octanol–water partition coefficient (Wildman–Crippen LogP) is 6.99. The number of nitrogens with one attached hydrogen (secondary N) is 1. The third kappa shape index (κ3) is 8.39. The van der Waals surface area contributed by atoms with E-state index in [0.29, 0.717) is 5.70 Å². The molecule has 3 nitrogen and oxygen atoms in total. The molecule has 0 bridgehead atoms. The summed E-state index contributed by atoms with van der Waals surface area (Å²) in [4.78, 5) is 1.04. The molecule has 30 heavy (non-hydrogen) atoms. The summed E-state index contributed by atoms with van der Waals surface area (Å²) in [5.74, 6) is 0.275. The van der Waals surface area contributed by atoms with Gasteiger partial charge in [0.15, 0.2) is 0 Å². The lowest BCUT2D eigenvalue weighted by atomic mass is 10.0. The third-order valence-corrected chi connectivity index (χ3v) is 6.07. The van der Waals surface area contributed by atoms with Crippen molar-refractivity contribution in [3.63, 3.8) is 0 Å². The number of hydrogen-bond donors (Lipinski definition) is 2. The van der Waals surface area contributed by atoms with Gasteiger partial charge in [-0.05, 0) is 68.7 Å². The number of nitrogens with zero attached hydrogens (tertiary/aromatic N) is 1. The van der Waals surface area contributed by atoms with Gasteiger partial charge in [-0.2, -0.15) is 0 Å². The van der Waals surface area contributed by atoms with Crippen LogP contribution in [0.1, 0.15) is 45.2 Å². The molecule has 0 aliphatic heterocycles. The van der Waals surface area contributed by atoms with E-state index in [-0.39, 0.29) is 12.0 Å². The van der Waals surface area contributed by atoms with Crippen molar-refractivity contribution < 1.29 is 5.21 Å². The molecule has 0 aliphatic carbocycles. The quantitative estimate of drug-likeness (QED) is 0.202. The van der Waals surface area contributed by atoms with Crippen LogP contribution < -0.4 is 5.48 Å². The van der Waals surface area contributed by atoms with Crippen LogP contribution in [0.25, 0.3) is 0 Å². The minimum atomic E-state index is -0.0275. The monoisotopic (exact) mass is 426 g/mol. The molecule has 1 aromatic rings. The molecule has 0 aromatic heterocycles. The molecule has 2 N–H and O–H groups in total. The number of hydrogen-bond acceptors (Lipinski definition) is 4. The molecule has 1 atom stereocenters. The second-order valence-corrected chi connectivity index (χ2v) is 9.18. The molecule has 164 valence electrons. The lowest BCUT2D eigenvalue weighted by molar-refractivity contribution is 0.168. The highest BCUT2D eigenvalue weighted by Crippen LogP contribution is 2.31. The smallest absolute Gasteiger partial charge is 0.0642 e. The molecule has 0 fully saturated rings. The van der Waals surface area contributed by atoms with Gasteiger partial charge in [-0.15, -0.1) is 0 Å². The normalized spacial score (nSPS) is 12.6. The maximum absolute atomic E-state index is 9.54. The number of aryl methyl sites for hydroxylation is 2. The summed E-state index contributed by atoms with van der Waals surface area (Å²) < 4.78 is 2.30. The molecule has 1 rings (SSSR count). The summed E-state index contributed by atoms with van der Waals surface area (Å²) in [6, 6.07) is 8.68. The van der Waals surface area contributed by atoms with Crippen LogP contribution in [0.3, 0.4) is 0 Å². The molecule has 0 amide bonds. The highest BCUT2D eigenvalue weighted by Gasteiger charge is 2.26. The first-order valence-electron chi connectivity index (χ1n) is 10.5. The summed E-state index contributed by atoms with van der Waals surface area (Å²) in [7, 11) is 0. The Balaban J connectivity index is 3.08. The number of hydroxylamine groups is 1. The first-order chi connectivity index (χ1) is 14.2. The summed E-state index contributed by atoms with van der Waals surface area (Å²) >= 11 is 1.65. The molecular weight excluding hydrogens is 388 g/mol. The van der Waals surface area contributed by atoms with Gasteiger partial charge in [-0.1, -0.05) is 81.1 Å². The Kier molecular flexibility index (Phi) is 11.6. The molecule has 0 spiro atoms. The largest absolute Gasteiger partial charge is 0.291 e. The van der Waals surface area contributed by atoms with Crippen LogP contribution in [-0.2, 0) is 6.42 Å². The van der Waals surface area contributed by atoms with Crippen LogP contribution in [0.2, 0.25) is 0 Å². The van der Waals surface area contributed by atoms with Gasteiger partial charge in [0.25, 0.3) is 0 Å². The molecular formula is C26H38N2OS. The minimum Gasteiger partial charge on any atom is -0.291 e. The van der Waals surface area contributed by atoms with Crippen molar-refractivity contribution in [2.45, 2.75) is 53.5 Å². The fourth-order valence-corrected chi connectivity index (χ4v) is 4.46. The Hall–Kier alpha value is -2.01. The Morgan fingerprint density at radius 1 is 1.17 bits per heavy atom.